The fourth-order valence-electron chi connectivity index (χ4n) is 0.828. The Morgan fingerprint density at radius 2 is 1.69 bits per heavy atom. The van der Waals surface area contributed by atoms with E-state index in [1.807, 2.05) is 31.2 Å². The average molecular weight is 284 g/mol. The Kier molecular flexibility index (Phi) is 12.1. The van der Waals surface area contributed by atoms with Crippen LogP contribution in [0, 0.1) is 6.92 Å². The van der Waals surface area contributed by atoms with Crippen molar-refractivity contribution in [2.45, 2.75) is 6.92 Å². The third-order valence-corrected chi connectivity index (χ3v) is 1.49. The van der Waals surface area contributed by atoms with Crippen molar-refractivity contribution in [2.24, 2.45) is 5.73 Å². The number of hydrogen-bond donors (Lipinski definition) is 4. The van der Waals surface area contributed by atoms with Gasteiger partial charge in [-0.3, -0.25) is 0 Å². The third-order valence-electron chi connectivity index (χ3n) is 1.39. The molecule has 0 amide bonds. The summed E-state index contributed by atoms with van der Waals surface area (Å²) in [5.41, 5.74) is 6.30. The van der Waals surface area contributed by atoms with Crippen LogP contribution in [-0.2, 0) is 0 Å². The Bertz CT molecular complexity index is 357. The second-order valence-corrected chi connectivity index (χ2v) is 3.39. The van der Waals surface area contributed by atoms with Crippen molar-refractivity contribution < 1.29 is 10.2 Å². The van der Waals surface area contributed by atoms with Crippen molar-refractivity contribution in [3.8, 4) is 0 Å². The molecule has 0 aliphatic carbocycles. The number of para-hydroxylation sites is 1. The molecule has 0 radical (unpaired) electrons. The van der Waals surface area contributed by atoms with Crippen molar-refractivity contribution >= 4 is 91.9 Å². The molecule has 0 aromatic heterocycles. The summed E-state index contributed by atoms with van der Waals surface area (Å²) in [6, 6.07) is 7.62. The van der Waals surface area contributed by atoms with E-state index in [9.17, 15) is 0 Å². The average Bonchev–Trinajstić information content (AvgIpc) is 2.07. The second kappa shape index (κ2) is 10.4. The van der Waals surface area contributed by atoms with E-state index in [0.29, 0.717) is 0 Å². The van der Waals surface area contributed by atoms with Gasteiger partial charge in [0.2, 0.25) is 0 Å². The molecule has 0 atom stereocenters. The molecule has 0 unspecified atom stereocenters. The van der Waals surface area contributed by atoms with Gasteiger partial charge in [0.05, 0.1) is 0 Å². The molecule has 0 heterocycles. The summed E-state index contributed by atoms with van der Waals surface area (Å²) in [6.07, 6.45) is 0. The monoisotopic (exact) mass is 284 g/mol. The summed E-state index contributed by atoms with van der Waals surface area (Å²) < 4.78 is 0. The number of aliphatic hydroxyl groups is 2. The van der Waals surface area contributed by atoms with E-state index in [1.165, 1.54) is 0 Å². The van der Waals surface area contributed by atoms with E-state index < -0.39 is 5.17 Å². The summed E-state index contributed by atoms with van der Waals surface area (Å²) >= 11 is 8.35. The van der Waals surface area contributed by atoms with Crippen LogP contribution in [0.2, 0.25) is 0 Å². The molecule has 0 fully saturated rings. The first-order chi connectivity index (χ1) is 6.93. The first-order valence-electron chi connectivity index (χ1n) is 3.97. The van der Waals surface area contributed by atoms with Crippen LogP contribution in [0.5, 0.6) is 0 Å². The van der Waals surface area contributed by atoms with Gasteiger partial charge in [-0.2, -0.15) is 0 Å². The van der Waals surface area contributed by atoms with Crippen LogP contribution >= 0.6 is 24.4 Å². The molecule has 0 saturated carbocycles. The predicted molar refractivity (Wildman–Crippen MR) is 76.6 cm³/mol. The van der Waals surface area contributed by atoms with Crippen molar-refractivity contribution in [1.82, 2.24) is 0 Å². The van der Waals surface area contributed by atoms with Gasteiger partial charge in [-0.05, 0) is 43.0 Å². The van der Waals surface area contributed by atoms with Crippen molar-refractivity contribution in [3.05, 3.63) is 29.8 Å². The number of thiocarbonyl (C=S) groups is 2. The Morgan fingerprint density at radius 1 is 1.25 bits per heavy atom. The number of rotatable bonds is 1. The van der Waals surface area contributed by atoms with Gasteiger partial charge < -0.3 is 21.3 Å². The van der Waals surface area contributed by atoms with Gasteiger partial charge in [0, 0.05) is 5.69 Å². The Labute approximate surface area is 148 Å². The molecule has 0 bridgehead atoms. The van der Waals surface area contributed by atoms with Crippen molar-refractivity contribution in [3.63, 3.8) is 0 Å². The maximum absolute atomic E-state index is 8.75. The predicted octanol–water partition coefficient (Wildman–Crippen LogP) is 1.39. The topological polar surface area (TPSA) is 78.5 Å². The standard InChI is InChI=1S/C8H9NOS.CH3NOS.K.H/c1-6-4-2-3-5-7(6)9-8(10)11;2-1(3)4;;/h2-5H,1H3,(H2,9,10,11);(H3,2,3,4);;. The van der Waals surface area contributed by atoms with Gasteiger partial charge in [0.25, 0.3) is 10.3 Å². The molecule has 84 valence electrons. The van der Waals surface area contributed by atoms with Crippen LogP contribution in [0.4, 0.5) is 5.69 Å². The van der Waals surface area contributed by atoms with Gasteiger partial charge in [0.1, 0.15) is 0 Å². The van der Waals surface area contributed by atoms with E-state index in [1.54, 1.807) is 0 Å². The van der Waals surface area contributed by atoms with Gasteiger partial charge in [0.15, 0.2) is 0 Å². The first kappa shape index (κ1) is 18.6. The minimum absolute atomic E-state index is 0. The van der Waals surface area contributed by atoms with E-state index >= 15 is 0 Å². The number of aliphatic hydroxyl groups excluding tert-OH is 2. The normalized spacial score (nSPS) is 7.81. The second-order valence-electron chi connectivity index (χ2n) is 2.58. The Balaban J connectivity index is 0. The molecular weight excluding hydrogens is 271 g/mol. The van der Waals surface area contributed by atoms with Crippen LogP contribution < -0.4 is 11.1 Å². The molecule has 16 heavy (non-hydrogen) atoms. The molecule has 0 aliphatic rings. The number of anilines is 1. The molecule has 0 aliphatic heterocycles. The van der Waals surface area contributed by atoms with Crippen LogP contribution in [-0.4, -0.2) is 71.9 Å². The Hall–Kier alpha value is 0.236. The number of benzene rings is 1. The van der Waals surface area contributed by atoms with Crippen LogP contribution in [0.1, 0.15) is 5.56 Å². The molecule has 4 nitrogen and oxygen atoms in total. The molecule has 0 spiro atoms. The summed E-state index contributed by atoms with van der Waals surface area (Å²) in [4.78, 5) is 0. The summed E-state index contributed by atoms with van der Waals surface area (Å²) in [5, 5.41) is 18.3. The SMILES string of the molecule is Cc1ccccc1NC(O)=S.NC(O)=S.[KH]. The van der Waals surface area contributed by atoms with E-state index in [4.69, 9.17) is 10.2 Å². The molecule has 1 aromatic rings. The maximum atomic E-state index is 8.75. The molecular formula is C9H13KN2O2S2. The van der Waals surface area contributed by atoms with Crippen molar-refractivity contribution in [2.75, 3.05) is 5.32 Å². The van der Waals surface area contributed by atoms with Crippen LogP contribution in [0.15, 0.2) is 24.3 Å². The summed E-state index contributed by atoms with van der Waals surface area (Å²) in [7, 11) is 0. The zero-order valence-electron chi connectivity index (χ0n) is 8.10. The number of aryl methyl sites for hydroxylation is 1. The van der Waals surface area contributed by atoms with Crippen LogP contribution in [0.3, 0.4) is 0 Å². The number of nitrogens with one attached hydrogen (secondary N) is 1. The molecule has 7 heteroatoms. The number of hydrogen-bond acceptors (Lipinski definition) is 2. The molecule has 0 saturated heterocycles. The van der Waals surface area contributed by atoms with Gasteiger partial charge >= 0.3 is 51.4 Å². The zero-order chi connectivity index (χ0) is 11.8. The number of nitrogens with two attached hydrogens (primary N) is 1. The zero-order valence-corrected chi connectivity index (χ0v) is 9.73. The Morgan fingerprint density at radius 3 is 2.06 bits per heavy atom. The molecule has 1 aromatic carbocycles. The van der Waals surface area contributed by atoms with Gasteiger partial charge in [-0.25, -0.2) is 0 Å². The fourth-order valence-corrected chi connectivity index (χ4v) is 0.938. The van der Waals surface area contributed by atoms with E-state index in [2.05, 4.69) is 35.5 Å². The quantitative estimate of drug-likeness (QED) is 0.461. The van der Waals surface area contributed by atoms with Crippen LogP contribution in [0.25, 0.3) is 0 Å². The van der Waals surface area contributed by atoms with Gasteiger partial charge in [-0.15, -0.1) is 0 Å². The molecule has 1 rings (SSSR count). The summed E-state index contributed by atoms with van der Waals surface area (Å²) in [5.74, 6) is 0. The molecule has 5 N–H and O–H groups in total. The van der Waals surface area contributed by atoms with Gasteiger partial charge in [-0.1, -0.05) is 18.2 Å². The first-order valence-corrected chi connectivity index (χ1v) is 4.79. The third kappa shape index (κ3) is 10.7. The fraction of sp³-hybridized carbons (Fsp3) is 0.111. The van der Waals surface area contributed by atoms with Crippen molar-refractivity contribution in [1.29, 1.82) is 0 Å². The summed E-state index contributed by atoms with van der Waals surface area (Å²) in [6.45, 7) is 1.95. The van der Waals surface area contributed by atoms with E-state index in [-0.39, 0.29) is 56.6 Å². The van der Waals surface area contributed by atoms with E-state index in [0.717, 1.165) is 11.3 Å². The minimum atomic E-state index is -0.500.